The minimum Gasteiger partial charge on any atom is -0.396 e. The highest BCUT2D eigenvalue weighted by atomic mass is 19.1. The minimum atomic E-state index is -0.868. The SMILES string of the molecule is O=C(NCCCO)C1(c2ccc(F)cc2F)CCC1. The minimum absolute atomic E-state index is 0.00180. The number of carbonyl (C=O) groups excluding carboxylic acids is 1. The molecule has 0 aromatic heterocycles. The molecule has 0 aliphatic heterocycles. The maximum absolute atomic E-state index is 13.9. The second-order valence-corrected chi connectivity index (χ2v) is 4.89. The van der Waals surface area contributed by atoms with Gasteiger partial charge in [-0.1, -0.05) is 12.5 Å². The highest BCUT2D eigenvalue weighted by molar-refractivity contribution is 5.89. The Morgan fingerprint density at radius 3 is 2.63 bits per heavy atom. The van der Waals surface area contributed by atoms with Gasteiger partial charge in [-0.3, -0.25) is 4.79 Å². The van der Waals surface area contributed by atoms with Crippen LogP contribution in [0.25, 0.3) is 0 Å². The zero-order chi connectivity index (χ0) is 13.9. The standard InChI is InChI=1S/C14H17F2NO2/c15-10-3-4-11(12(16)9-10)14(5-1-6-14)13(19)17-7-2-8-18/h3-4,9,18H,1-2,5-8H2,(H,17,19). The van der Waals surface area contributed by atoms with Crippen LogP contribution in [0.1, 0.15) is 31.2 Å². The molecule has 0 heterocycles. The fourth-order valence-electron chi connectivity index (χ4n) is 2.48. The van der Waals surface area contributed by atoms with E-state index in [1.165, 1.54) is 12.1 Å². The molecular weight excluding hydrogens is 252 g/mol. The Morgan fingerprint density at radius 2 is 2.11 bits per heavy atom. The fourth-order valence-corrected chi connectivity index (χ4v) is 2.48. The van der Waals surface area contributed by atoms with E-state index in [1.807, 2.05) is 0 Å². The molecule has 1 amide bonds. The zero-order valence-electron chi connectivity index (χ0n) is 10.6. The Bertz CT molecular complexity index is 473. The van der Waals surface area contributed by atoms with Crippen LogP contribution in [0.5, 0.6) is 0 Å². The summed E-state index contributed by atoms with van der Waals surface area (Å²) < 4.78 is 26.8. The summed E-state index contributed by atoms with van der Waals surface area (Å²) in [7, 11) is 0. The third kappa shape index (κ3) is 2.61. The van der Waals surface area contributed by atoms with Gasteiger partial charge in [0.15, 0.2) is 0 Å². The van der Waals surface area contributed by atoms with Crippen molar-refractivity contribution in [1.82, 2.24) is 5.32 Å². The van der Waals surface area contributed by atoms with Gasteiger partial charge in [0.1, 0.15) is 11.6 Å². The van der Waals surface area contributed by atoms with Gasteiger partial charge < -0.3 is 10.4 Å². The highest BCUT2D eigenvalue weighted by Gasteiger charge is 2.47. The lowest BCUT2D eigenvalue weighted by Crippen LogP contribution is -2.50. The molecule has 104 valence electrons. The molecule has 1 saturated carbocycles. The number of nitrogens with one attached hydrogen (secondary N) is 1. The average Bonchev–Trinajstić information content (AvgIpc) is 2.31. The molecule has 3 nitrogen and oxygen atoms in total. The Balaban J connectivity index is 2.20. The summed E-state index contributed by atoms with van der Waals surface area (Å²) in [6.45, 7) is 0.359. The van der Waals surface area contributed by atoms with Gasteiger partial charge in [-0.15, -0.1) is 0 Å². The number of carbonyl (C=O) groups is 1. The van der Waals surface area contributed by atoms with Gasteiger partial charge in [0.2, 0.25) is 5.91 Å². The van der Waals surface area contributed by atoms with Crippen LogP contribution in [0, 0.1) is 11.6 Å². The van der Waals surface area contributed by atoms with Crippen molar-refractivity contribution < 1.29 is 18.7 Å². The Hall–Kier alpha value is -1.49. The quantitative estimate of drug-likeness (QED) is 0.802. The summed E-state index contributed by atoms with van der Waals surface area (Å²) in [4.78, 5) is 12.2. The third-order valence-corrected chi connectivity index (χ3v) is 3.71. The largest absolute Gasteiger partial charge is 0.396 e. The Morgan fingerprint density at radius 1 is 1.37 bits per heavy atom. The first kappa shape index (κ1) is 13.9. The number of rotatable bonds is 5. The van der Waals surface area contributed by atoms with E-state index in [-0.39, 0.29) is 18.1 Å². The molecule has 2 rings (SSSR count). The molecule has 19 heavy (non-hydrogen) atoms. The maximum Gasteiger partial charge on any atom is 0.230 e. The lowest BCUT2D eigenvalue weighted by molar-refractivity contribution is -0.130. The monoisotopic (exact) mass is 269 g/mol. The first-order valence-corrected chi connectivity index (χ1v) is 6.45. The van der Waals surface area contributed by atoms with Crippen LogP contribution in [0.3, 0.4) is 0 Å². The first-order chi connectivity index (χ1) is 9.10. The molecule has 1 aliphatic carbocycles. The highest BCUT2D eigenvalue weighted by Crippen LogP contribution is 2.45. The zero-order valence-corrected chi connectivity index (χ0v) is 10.6. The molecule has 0 unspecified atom stereocenters. The molecule has 0 spiro atoms. The van der Waals surface area contributed by atoms with E-state index in [4.69, 9.17) is 5.11 Å². The predicted octanol–water partition coefficient (Wildman–Crippen LogP) is 1.89. The number of benzene rings is 1. The summed E-state index contributed by atoms with van der Waals surface area (Å²) >= 11 is 0. The molecule has 1 aliphatic rings. The summed E-state index contributed by atoms with van der Waals surface area (Å²) in [5, 5.41) is 11.4. The number of halogens is 2. The van der Waals surface area contributed by atoms with Crippen molar-refractivity contribution in [2.75, 3.05) is 13.2 Å². The van der Waals surface area contributed by atoms with Gasteiger partial charge in [-0.05, 0) is 25.3 Å². The van der Waals surface area contributed by atoms with Gasteiger partial charge in [0, 0.05) is 24.8 Å². The van der Waals surface area contributed by atoms with Crippen molar-refractivity contribution in [3.05, 3.63) is 35.4 Å². The Kier molecular flexibility index (Phi) is 4.14. The predicted molar refractivity (Wildman–Crippen MR) is 66.6 cm³/mol. The van der Waals surface area contributed by atoms with E-state index < -0.39 is 17.0 Å². The summed E-state index contributed by atoms with van der Waals surface area (Å²) in [5.41, 5.74) is -0.602. The number of aliphatic hydroxyl groups is 1. The van der Waals surface area contributed by atoms with E-state index in [0.717, 1.165) is 12.5 Å². The molecule has 2 N–H and O–H groups in total. The molecule has 1 aromatic carbocycles. The summed E-state index contributed by atoms with van der Waals surface area (Å²) in [5.74, 6) is -1.55. The van der Waals surface area contributed by atoms with Crippen molar-refractivity contribution in [2.24, 2.45) is 0 Å². The first-order valence-electron chi connectivity index (χ1n) is 6.45. The molecule has 1 aromatic rings. The van der Waals surface area contributed by atoms with Crippen molar-refractivity contribution in [3.8, 4) is 0 Å². The topological polar surface area (TPSA) is 49.3 Å². The van der Waals surface area contributed by atoms with Gasteiger partial charge in [-0.25, -0.2) is 8.78 Å². The number of hydrogen-bond donors (Lipinski definition) is 2. The lowest BCUT2D eigenvalue weighted by atomic mass is 9.63. The Labute approximate surface area is 110 Å². The maximum atomic E-state index is 13.9. The molecule has 0 bridgehead atoms. The molecule has 0 radical (unpaired) electrons. The lowest BCUT2D eigenvalue weighted by Gasteiger charge is -2.40. The number of amides is 1. The third-order valence-electron chi connectivity index (χ3n) is 3.71. The second-order valence-electron chi connectivity index (χ2n) is 4.89. The van der Waals surface area contributed by atoms with Gasteiger partial charge in [-0.2, -0.15) is 0 Å². The molecule has 0 saturated heterocycles. The summed E-state index contributed by atoms with van der Waals surface area (Å²) in [6.07, 6.45) is 2.46. The van der Waals surface area contributed by atoms with E-state index in [0.29, 0.717) is 25.8 Å². The van der Waals surface area contributed by atoms with Crippen molar-refractivity contribution >= 4 is 5.91 Å². The molecule has 1 fully saturated rings. The van der Waals surface area contributed by atoms with Crippen LogP contribution in [-0.4, -0.2) is 24.2 Å². The van der Waals surface area contributed by atoms with Crippen molar-refractivity contribution in [2.45, 2.75) is 31.1 Å². The van der Waals surface area contributed by atoms with Gasteiger partial charge in [0.25, 0.3) is 0 Å². The summed E-state index contributed by atoms with van der Waals surface area (Å²) in [6, 6.07) is 3.35. The van der Waals surface area contributed by atoms with Crippen LogP contribution in [0.15, 0.2) is 18.2 Å². The molecule has 5 heteroatoms. The fraction of sp³-hybridized carbons (Fsp3) is 0.500. The normalized spacial score (nSPS) is 16.8. The van der Waals surface area contributed by atoms with Crippen LogP contribution in [0.4, 0.5) is 8.78 Å². The van der Waals surface area contributed by atoms with E-state index in [1.54, 1.807) is 0 Å². The van der Waals surface area contributed by atoms with Crippen molar-refractivity contribution in [3.63, 3.8) is 0 Å². The van der Waals surface area contributed by atoms with Crippen LogP contribution < -0.4 is 5.32 Å². The van der Waals surface area contributed by atoms with E-state index >= 15 is 0 Å². The van der Waals surface area contributed by atoms with E-state index in [2.05, 4.69) is 5.32 Å². The number of aliphatic hydroxyl groups excluding tert-OH is 1. The molecule has 0 atom stereocenters. The van der Waals surface area contributed by atoms with Crippen LogP contribution in [0.2, 0.25) is 0 Å². The average molecular weight is 269 g/mol. The van der Waals surface area contributed by atoms with E-state index in [9.17, 15) is 13.6 Å². The molecular formula is C14H17F2NO2. The van der Waals surface area contributed by atoms with Crippen molar-refractivity contribution in [1.29, 1.82) is 0 Å². The van der Waals surface area contributed by atoms with Crippen LogP contribution >= 0.6 is 0 Å². The van der Waals surface area contributed by atoms with Crippen LogP contribution in [-0.2, 0) is 10.2 Å². The second kappa shape index (κ2) is 5.65. The number of hydrogen-bond acceptors (Lipinski definition) is 2. The van der Waals surface area contributed by atoms with Gasteiger partial charge >= 0.3 is 0 Å². The van der Waals surface area contributed by atoms with Gasteiger partial charge in [0.05, 0.1) is 5.41 Å². The smallest absolute Gasteiger partial charge is 0.230 e.